The van der Waals surface area contributed by atoms with Crippen LogP contribution in [0.5, 0.6) is 0 Å². The van der Waals surface area contributed by atoms with Crippen molar-refractivity contribution in [3.05, 3.63) is 78.8 Å². The number of carbonyl (C=O) groups excluding carboxylic acids is 1. The molecule has 0 saturated carbocycles. The Morgan fingerprint density at radius 1 is 1.10 bits per heavy atom. The van der Waals surface area contributed by atoms with Gasteiger partial charge in [0, 0.05) is 42.0 Å². The predicted octanol–water partition coefficient (Wildman–Crippen LogP) is 3.07. The quantitative estimate of drug-likeness (QED) is 0.569. The zero-order chi connectivity index (χ0) is 20.3. The molecule has 1 aromatic carbocycles. The third kappa shape index (κ3) is 3.47. The minimum absolute atomic E-state index is 0.0113. The van der Waals surface area contributed by atoms with E-state index in [1.165, 1.54) is 0 Å². The van der Waals surface area contributed by atoms with Gasteiger partial charge in [0.1, 0.15) is 18.5 Å². The number of aromatic amines is 1. The first-order valence-corrected chi connectivity index (χ1v) is 9.98. The Kier molecular flexibility index (Phi) is 4.80. The summed E-state index contributed by atoms with van der Waals surface area (Å²) >= 11 is 0. The van der Waals surface area contributed by atoms with Crippen LogP contribution in [0.2, 0.25) is 0 Å². The lowest BCUT2D eigenvalue weighted by molar-refractivity contribution is 0.0706. The van der Waals surface area contributed by atoms with Crippen molar-refractivity contribution in [2.45, 2.75) is 18.8 Å². The number of pyridine rings is 1. The number of amides is 1. The highest BCUT2D eigenvalue weighted by Crippen LogP contribution is 2.33. The van der Waals surface area contributed by atoms with E-state index in [4.69, 9.17) is 0 Å². The zero-order valence-electron chi connectivity index (χ0n) is 16.3. The SMILES string of the molecule is O=C(c1ccnc(-n2cnnc2)c1)N1CCC[C@@H](c2[nH]ncc2-c2ccccc2)C1. The van der Waals surface area contributed by atoms with Crippen LogP contribution >= 0.6 is 0 Å². The Labute approximate surface area is 173 Å². The number of piperidine rings is 1. The van der Waals surface area contributed by atoms with Gasteiger partial charge in [-0.3, -0.25) is 14.5 Å². The largest absolute Gasteiger partial charge is 0.338 e. The van der Waals surface area contributed by atoms with E-state index in [0.717, 1.165) is 36.2 Å². The maximum atomic E-state index is 13.2. The van der Waals surface area contributed by atoms with Crippen molar-refractivity contribution in [2.24, 2.45) is 0 Å². The molecular weight excluding hydrogens is 378 g/mol. The van der Waals surface area contributed by atoms with E-state index in [1.54, 1.807) is 35.6 Å². The molecule has 8 nitrogen and oxygen atoms in total. The van der Waals surface area contributed by atoms with E-state index < -0.39 is 0 Å². The highest BCUT2D eigenvalue weighted by atomic mass is 16.2. The molecule has 1 aliphatic rings. The molecule has 1 aliphatic heterocycles. The Balaban J connectivity index is 1.37. The molecule has 1 fully saturated rings. The van der Waals surface area contributed by atoms with E-state index in [2.05, 4.69) is 37.5 Å². The molecule has 0 aliphatic carbocycles. The zero-order valence-corrected chi connectivity index (χ0v) is 16.3. The van der Waals surface area contributed by atoms with Crippen LogP contribution in [-0.4, -0.2) is 53.8 Å². The minimum atomic E-state index is 0.0113. The van der Waals surface area contributed by atoms with Crippen molar-refractivity contribution in [1.82, 2.24) is 34.8 Å². The summed E-state index contributed by atoms with van der Waals surface area (Å²) in [5.74, 6) is 0.858. The normalized spacial score (nSPS) is 16.5. The number of H-pyrrole nitrogens is 1. The molecule has 0 bridgehead atoms. The Morgan fingerprint density at radius 3 is 2.77 bits per heavy atom. The van der Waals surface area contributed by atoms with Crippen molar-refractivity contribution >= 4 is 5.91 Å². The van der Waals surface area contributed by atoms with Crippen molar-refractivity contribution in [3.63, 3.8) is 0 Å². The number of nitrogens with zero attached hydrogens (tertiary/aromatic N) is 6. The summed E-state index contributed by atoms with van der Waals surface area (Å²) in [7, 11) is 0. The standard InChI is InChI=1S/C22H21N7O/c30-22(17-8-9-23-20(11-17)29-14-25-26-15-29)28-10-4-7-18(13-28)21-19(12-24-27-21)16-5-2-1-3-6-16/h1-3,5-6,8-9,11-12,14-15,18H,4,7,10,13H2,(H,24,27)/t18-/m1/s1. The first-order valence-electron chi connectivity index (χ1n) is 9.98. The predicted molar refractivity (Wildman–Crippen MR) is 111 cm³/mol. The van der Waals surface area contributed by atoms with Gasteiger partial charge in [-0.05, 0) is 30.5 Å². The highest BCUT2D eigenvalue weighted by Gasteiger charge is 2.28. The van der Waals surface area contributed by atoms with Crippen LogP contribution in [0.1, 0.15) is 34.8 Å². The monoisotopic (exact) mass is 399 g/mol. The lowest BCUT2D eigenvalue weighted by atomic mass is 9.90. The highest BCUT2D eigenvalue weighted by molar-refractivity contribution is 5.94. The first-order chi connectivity index (χ1) is 14.8. The van der Waals surface area contributed by atoms with Crippen LogP contribution < -0.4 is 0 Å². The van der Waals surface area contributed by atoms with Crippen molar-refractivity contribution in [1.29, 1.82) is 0 Å². The summed E-state index contributed by atoms with van der Waals surface area (Å²) in [4.78, 5) is 19.5. The van der Waals surface area contributed by atoms with Gasteiger partial charge in [0.2, 0.25) is 0 Å². The van der Waals surface area contributed by atoms with Crippen molar-refractivity contribution in [3.8, 4) is 16.9 Å². The van der Waals surface area contributed by atoms with Gasteiger partial charge in [-0.15, -0.1) is 10.2 Å². The molecule has 1 amide bonds. The number of hydrogen-bond acceptors (Lipinski definition) is 5. The lowest BCUT2D eigenvalue weighted by Crippen LogP contribution is -2.39. The van der Waals surface area contributed by atoms with Gasteiger partial charge in [0.15, 0.2) is 0 Å². The number of hydrogen-bond donors (Lipinski definition) is 1. The third-order valence-electron chi connectivity index (χ3n) is 5.55. The van der Waals surface area contributed by atoms with Gasteiger partial charge in [-0.2, -0.15) is 5.10 Å². The smallest absolute Gasteiger partial charge is 0.254 e. The molecule has 30 heavy (non-hydrogen) atoms. The van der Waals surface area contributed by atoms with Gasteiger partial charge in [0.25, 0.3) is 5.91 Å². The maximum Gasteiger partial charge on any atom is 0.254 e. The van der Waals surface area contributed by atoms with Gasteiger partial charge in [0.05, 0.1) is 6.20 Å². The number of benzene rings is 1. The number of carbonyl (C=O) groups is 1. The summed E-state index contributed by atoms with van der Waals surface area (Å²) in [5, 5.41) is 15.1. The van der Waals surface area contributed by atoms with Crippen LogP contribution in [0.15, 0.2) is 67.5 Å². The molecule has 1 saturated heterocycles. The molecule has 8 heteroatoms. The van der Waals surface area contributed by atoms with Crippen LogP contribution in [-0.2, 0) is 0 Å². The Hall–Kier alpha value is -3.81. The Morgan fingerprint density at radius 2 is 1.93 bits per heavy atom. The first kappa shape index (κ1) is 18.2. The molecule has 0 unspecified atom stereocenters. The van der Waals surface area contributed by atoms with Crippen molar-refractivity contribution < 1.29 is 4.79 Å². The number of aromatic nitrogens is 6. The summed E-state index contributed by atoms with van der Waals surface area (Å²) in [6.45, 7) is 1.40. The van der Waals surface area contributed by atoms with E-state index >= 15 is 0 Å². The minimum Gasteiger partial charge on any atom is -0.338 e. The second-order valence-corrected chi connectivity index (χ2v) is 7.43. The fourth-order valence-electron chi connectivity index (χ4n) is 4.05. The van der Waals surface area contributed by atoms with Crippen LogP contribution in [0, 0.1) is 0 Å². The van der Waals surface area contributed by atoms with E-state index in [0.29, 0.717) is 17.9 Å². The van der Waals surface area contributed by atoms with Crippen LogP contribution in [0.25, 0.3) is 16.9 Å². The average molecular weight is 399 g/mol. The topological polar surface area (TPSA) is 92.6 Å². The second-order valence-electron chi connectivity index (χ2n) is 7.43. The molecule has 1 N–H and O–H groups in total. The summed E-state index contributed by atoms with van der Waals surface area (Å²) in [5.41, 5.74) is 3.95. The van der Waals surface area contributed by atoms with Gasteiger partial charge in [-0.25, -0.2) is 4.98 Å². The van der Waals surface area contributed by atoms with Crippen molar-refractivity contribution in [2.75, 3.05) is 13.1 Å². The number of likely N-dealkylation sites (tertiary alicyclic amines) is 1. The summed E-state index contributed by atoms with van der Waals surface area (Å²) < 4.78 is 1.69. The fourth-order valence-corrected chi connectivity index (χ4v) is 4.05. The molecule has 1 atom stereocenters. The molecule has 0 spiro atoms. The van der Waals surface area contributed by atoms with E-state index in [1.807, 2.05) is 29.3 Å². The molecular formula is C22H21N7O. The summed E-state index contributed by atoms with van der Waals surface area (Å²) in [6, 6.07) is 13.8. The molecule has 0 radical (unpaired) electrons. The summed E-state index contributed by atoms with van der Waals surface area (Å²) in [6.07, 6.45) is 8.63. The number of nitrogens with one attached hydrogen (secondary N) is 1. The fraction of sp³-hybridized carbons (Fsp3) is 0.227. The van der Waals surface area contributed by atoms with E-state index in [-0.39, 0.29) is 11.8 Å². The van der Waals surface area contributed by atoms with Gasteiger partial charge >= 0.3 is 0 Å². The van der Waals surface area contributed by atoms with Crippen LogP contribution in [0.4, 0.5) is 0 Å². The molecule has 4 aromatic rings. The molecule has 3 aromatic heterocycles. The Bertz CT molecular complexity index is 1140. The lowest BCUT2D eigenvalue weighted by Gasteiger charge is -2.33. The second kappa shape index (κ2) is 7.90. The van der Waals surface area contributed by atoms with E-state index in [9.17, 15) is 4.79 Å². The van der Waals surface area contributed by atoms with Crippen LogP contribution in [0.3, 0.4) is 0 Å². The van der Waals surface area contributed by atoms with Gasteiger partial charge in [-0.1, -0.05) is 30.3 Å². The molecule has 150 valence electrons. The molecule has 5 rings (SSSR count). The average Bonchev–Trinajstić information content (AvgIpc) is 3.52. The molecule has 4 heterocycles. The maximum absolute atomic E-state index is 13.2. The van der Waals surface area contributed by atoms with Gasteiger partial charge < -0.3 is 4.90 Å². The third-order valence-corrected chi connectivity index (χ3v) is 5.55. The number of rotatable bonds is 4.